The molecular formula is C16H19NO. The number of Topliss-reactive ketones (excluding diaryl/α,β-unsaturated/α-hetero) is 1. The molecule has 1 unspecified atom stereocenters. The molecule has 1 aromatic carbocycles. The van der Waals surface area contributed by atoms with Crippen molar-refractivity contribution >= 4 is 16.7 Å². The van der Waals surface area contributed by atoms with E-state index >= 15 is 0 Å². The summed E-state index contributed by atoms with van der Waals surface area (Å²) in [5, 5.41) is 1.03. The first kappa shape index (κ1) is 12.7. The van der Waals surface area contributed by atoms with Gasteiger partial charge in [-0.3, -0.25) is 9.78 Å². The van der Waals surface area contributed by atoms with Crippen LogP contribution in [0.3, 0.4) is 0 Å². The van der Waals surface area contributed by atoms with Crippen molar-refractivity contribution in [1.29, 1.82) is 0 Å². The fraction of sp³-hybridized carbons (Fsp3) is 0.375. The Morgan fingerprint density at radius 1 is 1.11 bits per heavy atom. The third-order valence-electron chi connectivity index (χ3n) is 3.53. The van der Waals surface area contributed by atoms with E-state index in [9.17, 15) is 4.79 Å². The Morgan fingerprint density at radius 3 is 2.50 bits per heavy atom. The largest absolute Gasteiger partial charge is 0.294 e. The van der Waals surface area contributed by atoms with Crippen LogP contribution in [0.4, 0.5) is 0 Å². The van der Waals surface area contributed by atoms with E-state index in [4.69, 9.17) is 0 Å². The summed E-state index contributed by atoms with van der Waals surface area (Å²) in [5.74, 6) is 0.637. The number of aryl methyl sites for hydroxylation is 1. The molecule has 94 valence electrons. The van der Waals surface area contributed by atoms with Gasteiger partial charge in [0.1, 0.15) is 0 Å². The lowest BCUT2D eigenvalue weighted by Gasteiger charge is -2.14. The van der Waals surface area contributed by atoms with Crippen LogP contribution < -0.4 is 0 Å². The first-order valence-corrected chi connectivity index (χ1v) is 6.40. The zero-order valence-corrected chi connectivity index (χ0v) is 11.4. The van der Waals surface area contributed by atoms with E-state index in [0.717, 1.165) is 22.2 Å². The van der Waals surface area contributed by atoms with Crippen molar-refractivity contribution in [3.63, 3.8) is 0 Å². The lowest BCUT2D eigenvalue weighted by Crippen LogP contribution is -2.16. The second-order valence-corrected chi connectivity index (χ2v) is 5.26. The number of benzene rings is 1. The van der Waals surface area contributed by atoms with Crippen LogP contribution in [0.2, 0.25) is 0 Å². The predicted molar refractivity (Wildman–Crippen MR) is 74.8 cm³/mol. The van der Waals surface area contributed by atoms with E-state index in [0.29, 0.717) is 5.92 Å². The van der Waals surface area contributed by atoms with Crippen LogP contribution in [-0.2, 0) is 0 Å². The summed E-state index contributed by atoms with van der Waals surface area (Å²) < 4.78 is 0. The fourth-order valence-electron chi connectivity index (χ4n) is 1.95. The highest BCUT2D eigenvalue weighted by Gasteiger charge is 2.18. The molecule has 1 atom stereocenters. The fourth-order valence-corrected chi connectivity index (χ4v) is 1.95. The summed E-state index contributed by atoms with van der Waals surface area (Å²) in [4.78, 5) is 16.7. The number of nitrogens with zero attached hydrogens (tertiary/aromatic N) is 1. The zero-order valence-electron chi connectivity index (χ0n) is 11.4. The van der Waals surface area contributed by atoms with Crippen LogP contribution >= 0.6 is 0 Å². The Bertz CT molecular complexity index is 587. The van der Waals surface area contributed by atoms with Crippen LogP contribution in [-0.4, -0.2) is 10.8 Å². The molecule has 0 bridgehead atoms. The third kappa shape index (κ3) is 2.42. The summed E-state index contributed by atoms with van der Waals surface area (Å²) >= 11 is 0. The molecule has 2 heteroatoms. The van der Waals surface area contributed by atoms with Crippen LogP contribution in [0.25, 0.3) is 10.9 Å². The molecule has 0 radical (unpaired) electrons. The number of hydrogen-bond acceptors (Lipinski definition) is 2. The summed E-state index contributed by atoms with van der Waals surface area (Å²) in [6, 6.07) is 9.76. The van der Waals surface area contributed by atoms with Crippen molar-refractivity contribution in [2.75, 3.05) is 0 Å². The molecule has 0 saturated carbocycles. The zero-order chi connectivity index (χ0) is 13.3. The van der Waals surface area contributed by atoms with Gasteiger partial charge in [-0.1, -0.05) is 26.8 Å². The Balaban J connectivity index is 2.41. The summed E-state index contributed by atoms with van der Waals surface area (Å²) in [7, 11) is 0. The second kappa shape index (κ2) is 4.89. The minimum absolute atomic E-state index is 0.0563. The number of hydrogen-bond donors (Lipinski definition) is 0. The van der Waals surface area contributed by atoms with Gasteiger partial charge in [0.2, 0.25) is 0 Å². The molecule has 1 heterocycles. The van der Waals surface area contributed by atoms with Crippen molar-refractivity contribution < 1.29 is 4.79 Å². The van der Waals surface area contributed by atoms with E-state index in [2.05, 4.69) is 18.8 Å². The highest BCUT2D eigenvalue weighted by Crippen LogP contribution is 2.20. The van der Waals surface area contributed by atoms with Crippen LogP contribution in [0, 0.1) is 18.8 Å². The minimum Gasteiger partial charge on any atom is -0.294 e. The Kier molecular flexibility index (Phi) is 3.46. The van der Waals surface area contributed by atoms with Crippen LogP contribution in [0.1, 0.15) is 36.8 Å². The van der Waals surface area contributed by atoms with Gasteiger partial charge < -0.3 is 0 Å². The van der Waals surface area contributed by atoms with Crippen molar-refractivity contribution in [2.24, 2.45) is 11.8 Å². The number of rotatable bonds is 3. The highest BCUT2D eigenvalue weighted by atomic mass is 16.1. The van der Waals surface area contributed by atoms with Crippen LogP contribution in [0.15, 0.2) is 30.3 Å². The molecule has 0 aliphatic heterocycles. The molecular weight excluding hydrogens is 222 g/mol. The quantitative estimate of drug-likeness (QED) is 0.760. The van der Waals surface area contributed by atoms with Crippen molar-refractivity contribution in [2.45, 2.75) is 27.7 Å². The van der Waals surface area contributed by atoms with Crippen molar-refractivity contribution in [3.05, 3.63) is 41.6 Å². The van der Waals surface area contributed by atoms with Gasteiger partial charge in [-0.05, 0) is 37.1 Å². The van der Waals surface area contributed by atoms with Gasteiger partial charge in [0.15, 0.2) is 5.78 Å². The number of ketones is 1. The van der Waals surface area contributed by atoms with Gasteiger partial charge in [-0.2, -0.15) is 0 Å². The number of fused-ring (bicyclic) bond motifs is 1. The van der Waals surface area contributed by atoms with Gasteiger partial charge in [-0.25, -0.2) is 0 Å². The molecule has 2 nitrogen and oxygen atoms in total. The smallest absolute Gasteiger partial charge is 0.165 e. The number of carbonyl (C=O) groups excluding carboxylic acids is 1. The molecule has 18 heavy (non-hydrogen) atoms. The molecule has 1 aromatic heterocycles. The summed E-state index contributed by atoms with van der Waals surface area (Å²) in [5.41, 5.74) is 2.73. The number of aromatic nitrogens is 1. The minimum atomic E-state index is 0.0563. The van der Waals surface area contributed by atoms with E-state index in [-0.39, 0.29) is 11.7 Å². The van der Waals surface area contributed by atoms with Crippen molar-refractivity contribution in [1.82, 2.24) is 4.98 Å². The maximum atomic E-state index is 12.3. The monoisotopic (exact) mass is 241 g/mol. The number of carbonyl (C=O) groups is 1. The summed E-state index contributed by atoms with van der Waals surface area (Å²) in [6.07, 6.45) is 0. The van der Waals surface area contributed by atoms with Gasteiger partial charge in [0.25, 0.3) is 0 Å². The molecule has 0 saturated heterocycles. The SMILES string of the molecule is Cc1ccc2cc(C(=O)C(C)C(C)C)ccc2n1. The van der Waals surface area contributed by atoms with E-state index in [1.807, 2.05) is 44.2 Å². The Labute approximate surface area is 108 Å². The Morgan fingerprint density at radius 2 is 1.83 bits per heavy atom. The van der Waals surface area contributed by atoms with Gasteiger partial charge in [0.05, 0.1) is 5.52 Å². The second-order valence-electron chi connectivity index (χ2n) is 5.26. The molecule has 0 amide bonds. The van der Waals surface area contributed by atoms with Crippen LogP contribution in [0.5, 0.6) is 0 Å². The Hall–Kier alpha value is -1.70. The average molecular weight is 241 g/mol. The average Bonchev–Trinajstić information content (AvgIpc) is 2.36. The summed E-state index contributed by atoms with van der Waals surface area (Å²) in [6.45, 7) is 8.12. The van der Waals surface area contributed by atoms with Gasteiger partial charge >= 0.3 is 0 Å². The third-order valence-corrected chi connectivity index (χ3v) is 3.53. The number of pyridine rings is 1. The topological polar surface area (TPSA) is 30.0 Å². The maximum absolute atomic E-state index is 12.3. The first-order valence-electron chi connectivity index (χ1n) is 6.40. The molecule has 2 aromatic rings. The van der Waals surface area contributed by atoms with Gasteiger partial charge in [0, 0.05) is 22.6 Å². The first-order chi connectivity index (χ1) is 8.49. The van der Waals surface area contributed by atoms with E-state index in [1.54, 1.807) is 0 Å². The van der Waals surface area contributed by atoms with E-state index in [1.165, 1.54) is 0 Å². The molecule has 0 aliphatic rings. The molecule has 0 fully saturated rings. The lowest BCUT2D eigenvalue weighted by atomic mass is 9.89. The van der Waals surface area contributed by atoms with E-state index < -0.39 is 0 Å². The lowest BCUT2D eigenvalue weighted by molar-refractivity contribution is 0.0900. The molecule has 0 aliphatic carbocycles. The normalized spacial score (nSPS) is 12.9. The molecule has 2 rings (SSSR count). The predicted octanol–water partition coefficient (Wildman–Crippen LogP) is 4.02. The molecule has 0 N–H and O–H groups in total. The molecule has 0 spiro atoms. The maximum Gasteiger partial charge on any atom is 0.165 e. The van der Waals surface area contributed by atoms with Gasteiger partial charge in [-0.15, -0.1) is 0 Å². The highest BCUT2D eigenvalue weighted by molar-refractivity contribution is 6.00. The van der Waals surface area contributed by atoms with Crippen molar-refractivity contribution in [3.8, 4) is 0 Å². The standard InChI is InChI=1S/C16H19NO/c1-10(2)12(4)16(18)14-7-8-15-13(9-14)6-5-11(3)17-15/h5-10,12H,1-4H3.